The molecule has 1 aromatic heterocycles. The first-order valence-corrected chi connectivity index (χ1v) is 4.94. The number of aryl methyl sites for hydroxylation is 2. The van der Waals surface area contributed by atoms with Crippen molar-refractivity contribution in [2.24, 2.45) is 0 Å². The maximum absolute atomic E-state index is 8.62. The minimum absolute atomic E-state index is 0.378. The number of hydrogen-bond donors (Lipinski definition) is 0. The molecule has 1 aromatic carbocycles. The number of fused-ring (bicyclic) bond motifs is 1. The van der Waals surface area contributed by atoms with E-state index in [0.717, 1.165) is 16.6 Å². The number of nitriles is 1. The summed E-state index contributed by atoms with van der Waals surface area (Å²) in [4.78, 5) is 4.48. The molecule has 0 aliphatic rings. The summed E-state index contributed by atoms with van der Waals surface area (Å²) >= 11 is 0. The van der Waals surface area contributed by atoms with Crippen molar-refractivity contribution in [2.75, 3.05) is 0 Å². The van der Waals surface area contributed by atoms with E-state index in [9.17, 15) is 0 Å². The van der Waals surface area contributed by atoms with Gasteiger partial charge in [0.1, 0.15) is 0 Å². The van der Waals surface area contributed by atoms with Gasteiger partial charge in [-0.15, -0.1) is 0 Å². The van der Waals surface area contributed by atoms with E-state index in [4.69, 9.17) is 5.26 Å². The van der Waals surface area contributed by atoms with E-state index in [1.165, 1.54) is 11.1 Å². The van der Waals surface area contributed by atoms with Crippen molar-refractivity contribution in [1.82, 2.24) is 4.98 Å². The van der Waals surface area contributed by atoms with Gasteiger partial charge in [0, 0.05) is 5.39 Å². The van der Waals surface area contributed by atoms with Gasteiger partial charge in [-0.2, -0.15) is 5.26 Å². The highest BCUT2D eigenvalue weighted by Gasteiger charge is 2.01. The van der Waals surface area contributed by atoms with Crippen LogP contribution in [0, 0.1) is 25.2 Å². The molecule has 2 heteroatoms. The van der Waals surface area contributed by atoms with Gasteiger partial charge < -0.3 is 0 Å². The van der Waals surface area contributed by atoms with Crippen molar-refractivity contribution >= 4 is 10.9 Å². The summed E-state index contributed by atoms with van der Waals surface area (Å²) < 4.78 is 0. The molecule has 2 nitrogen and oxygen atoms in total. The molecule has 0 aliphatic heterocycles. The number of benzene rings is 1. The molecule has 0 spiro atoms. The van der Waals surface area contributed by atoms with Crippen LogP contribution in [-0.2, 0) is 6.42 Å². The van der Waals surface area contributed by atoms with Crippen molar-refractivity contribution in [3.63, 3.8) is 0 Å². The van der Waals surface area contributed by atoms with Gasteiger partial charge in [0.25, 0.3) is 0 Å². The average molecular weight is 196 g/mol. The second-order valence-electron chi connectivity index (χ2n) is 3.79. The lowest BCUT2D eigenvalue weighted by atomic mass is 10.1. The average Bonchev–Trinajstić information content (AvgIpc) is 2.19. The molecule has 0 bridgehead atoms. The van der Waals surface area contributed by atoms with Crippen LogP contribution in [0.5, 0.6) is 0 Å². The molecule has 74 valence electrons. The summed E-state index contributed by atoms with van der Waals surface area (Å²) in [6.45, 7) is 4.13. The zero-order valence-electron chi connectivity index (χ0n) is 8.91. The molecular weight excluding hydrogens is 184 g/mol. The monoisotopic (exact) mass is 196 g/mol. The fraction of sp³-hybridized carbons (Fsp3) is 0.231. The van der Waals surface area contributed by atoms with E-state index in [2.05, 4.69) is 37.0 Å². The van der Waals surface area contributed by atoms with Crippen molar-refractivity contribution < 1.29 is 0 Å². The van der Waals surface area contributed by atoms with Crippen LogP contribution in [0.15, 0.2) is 24.3 Å². The molecule has 0 saturated carbocycles. The minimum Gasteiger partial charge on any atom is -0.251 e. The molecule has 15 heavy (non-hydrogen) atoms. The fourth-order valence-electron chi connectivity index (χ4n) is 1.82. The Balaban J connectivity index is 2.67. The fourth-order valence-corrected chi connectivity index (χ4v) is 1.82. The Morgan fingerprint density at radius 1 is 1.27 bits per heavy atom. The normalized spacial score (nSPS) is 10.2. The Hall–Kier alpha value is -1.88. The van der Waals surface area contributed by atoms with Crippen molar-refractivity contribution in [2.45, 2.75) is 20.3 Å². The second-order valence-corrected chi connectivity index (χ2v) is 3.79. The largest absolute Gasteiger partial charge is 0.251 e. The van der Waals surface area contributed by atoms with E-state index >= 15 is 0 Å². The summed E-state index contributed by atoms with van der Waals surface area (Å²) in [7, 11) is 0. The van der Waals surface area contributed by atoms with Crippen LogP contribution in [-0.4, -0.2) is 4.98 Å². The molecule has 2 rings (SSSR count). The Bertz CT molecular complexity index is 550. The molecular formula is C13H12N2. The van der Waals surface area contributed by atoms with Crippen LogP contribution in [0.2, 0.25) is 0 Å². The number of pyridine rings is 1. The first-order chi connectivity index (χ1) is 7.20. The number of rotatable bonds is 1. The second kappa shape index (κ2) is 3.70. The predicted octanol–water partition coefficient (Wildman–Crippen LogP) is 2.92. The lowest BCUT2D eigenvalue weighted by Gasteiger charge is -2.04. The van der Waals surface area contributed by atoms with Gasteiger partial charge in [-0.25, -0.2) is 0 Å². The van der Waals surface area contributed by atoms with Gasteiger partial charge >= 0.3 is 0 Å². The third-order valence-electron chi connectivity index (χ3n) is 2.45. The highest BCUT2D eigenvalue weighted by Crippen LogP contribution is 2.19. The van der Waals surface area contributed by atoms with E-state index in [0.29, 0.717) is 6.42 Å². The Morgan fingerprint density at radius 2 is 2.07 bits per heavy atom. The topological polar surface area (TPSA) is 36.7 Å². The summed E-state index contributed by atoms with van der Waals surface area (Å²) in [5.41, 5.74) is 4.27. The third kappa shape index (κ3) is 1.82. The standard InChI is InChI=1S/C13H12N2/c1-9-7-10(2)13-11(8-9)3-4-12(15-13)5-6-14/h3-4,7-8H,5H2,1-2H3. The van der Waals surface area contributed by atoms with Crippen molar-refractivity contribution in [3.05, 3.63) is 41.1 Å². The van der Waals surface area contributed by atoms with Gasteiger partial charge in [0.2, 0.25) is 0 Å². The minimum atomic E-state index is 0.378. The Morgan fingerprint density at radius 3 is 2.80 bits per heavy atom. The van der Waals surface area contributed by atoms with Gasteiger partial charge in [-0.05, 0) is 31.5 Å². The molecule has 0 atom stereocenters. The predicted molar refractivity (Wildman–Crippen MR) is 60.5 cm³/mol. The summed E-state index contributed by atoms with van der Waals surface area (Å²) in [6.07, 6.45) is 0.378. The van der Waals surface area contributed by atoms with Gasteiger partial charge in [0.05, 0.1) is 23.7 Å². The van der Waals surface area contributed by atoms with Crippen molar-refractivity contribution in [1.29, 1.82) is 5.26 Å². The van der Waals surface area contributed by atoms with Gasteiger partial charge in [0.15, 0.2) is 0 Å². The number of aromatic nitrogens is 1. The summed E-state index contributed by atoms with van der Waals surface area (Å²) in [5, 5.41) is 9.76. The van der Waals surface area contributed by atoms with Gasteiger partial charge in [-0.3, -0.25) is 4.98 Å². The zero-order chi connectivity index (χ0) is 10.8. The van der Waals surface area contributed by atoms with Crippen LogP contribution in [0.3, 0.4) is 0 Å². The van der Waals surface area contributed by atoms with Crippen molar-refractivity contribution in [3.8, 4) is 6.07 Å². The first kappa shape index (κ1) is 9.67. The van der Waals surface area contributed by atoms with E-state index in [-0.39, 0.29) is 0 Å². The molecule has 0 aliphatic carbocycles. The Kier molecular flexibility index (Phi) is 2.39. The lowest BCUT2D eigenvalue weighted by molar-refractivity contribution is 1.14. The molecule has 2 aromatic rings. The summed E-state index contributed by atoms with van der Waals surface area (Å²) in [5.74, 6) is 0. The van der Waals surface area contributed by atoms with Crippen LogP contribution in [0.4, 0.5) is 0 Å². The quantitative estimate of drug-likeness (QED) is 0.703. The maximum atomic E-state index is 8.62. The third-order valence-corrected chi connectivity index (χ3v) is 2.45. The maximum Gasteiger partial charge on any atom is 0.0774 e. The molecule has 0 N–H and O–H groups in total. The van der Waals surface area contributed by atoms with Crippen LogP contribution >= 0.6 is 0 Å². The number of nitrogens with zero attached hydrogens (tertiary/aromatic N) is 2. The van der Waals surface area contributed by atoms with E-state index < -0.39 is 0 Å². The highest BCUT2D eigenvalue weighted by molar-refractivity contribution is 5.82. The smallest absolute Gasteiger partial charge is 0.0774 e. The zero-order valence-corrected chi connectivity index (χ0v) is 8.91. The highest BCUT2D eigenvalue weighted by atomic mass is 14.7. The molecule has 0 unspecified atom stereocenters. The SMILES string of the molecule is Cc1cc(C)c2nc(CC#N)ccc2c1. The Labute approximate surface area is 89.2 Å². The van der Waals surface area contributed by atoms with E-state index in [1.807, 2.05) is 12.1 Å². The molecule has 0 saturated heterocycles. The molecule has 0 radical (unpaired) electrons. The van der Waals surface area contributed by atoms with Gasteiger partial charge in [-0.1, -0.05) is 17.7 Å². The molecule has 0 fully saturated rings. The number of hydrogen-bond acceptors (Lipinski definition) is 2. The molecule has 1 heterocycles. The summed E-state index contributed by atoms with van der Waals surface area (Å²) in [6, 6.07) is 10.3. The first-order valence-electron chi connectivity index (χ1n) is 4.94. The van der Waals surface area contributed by atoms with Crippen LogP contribution < -0.4 is 0 Å². The van der Waals surface area contributed by atoms with Crippen LogP contribution in [0.1, 0.15) is 16.8 Å². The molecule has 0 amide bonds. The van der Waals surface area contributed by atoms with Crippen LogP contribution in [0.25, 0.3) is 10.9 Å². The lowest BCUT2D eigenvalue weighted by Crippen LogP contribution is -1.91. The van der Waals surface area contributed by atoms with E-state index in [1.54, 1.807) is 0 Å².